The van der Waals surface area contributed by atoms with Crippen molar-refractivity contribution in [3.05, 3.63) is 65.7 Å². The Bertz CT molecular complexity index is 963. The summed E-state index contributed by atoms with van der Waals surface area (Å²) in [6.07, 6.45) is 0.532. The van der Waals surface area contributed by atoms with Gasteiger partial charge in [0.1, 0.15) is 5.75 Å². The number of carbonyl (C=O) groups is 2. The highest BCUT2D eigenvalue weighted by Crippen LogP contribution is 2.26. The van der Waals surface area contributed by atoms with Crippen LogP contribution in [0.1, 0.15) is 42.1 Å². The molecule has 0 radical (unpaired) electrons. The number of ether oxygens (including phenoxy) is 1. The van der Waals surface area contributed by atoms with E-state index in [1.54, 1.807) is 48.5 Å². The van der Waals surface area contributed by atoms with Crippen LogP contribution in [0, 0.1) is 0 Å². The van der Waals surface area contributed by atoms with Crippen molar-refractivity contribution in [3.63, 3.8) is 0 Å². The quantitative estimate of drug-likeness (QED) is 0.646. The lowest BCUT2D eigenvalue weighted by Gasteiger charge is -2.11. The van der Waals surface area contributed by atoms with Crippen LogP contribution in [0.15, 0.2) is 54.6 Å². The maximum Gasteiger partial charge on any atom is 0.310 e. The molecule has 5 heteroatoms. The lowest BCUT2D eigenvalue weighted by Crippen LogP contribution is -2.10. The Kier molecular flexibility index (Phi) is 4.98. The van der Waals surface area contributed by atoms with E-state index in [0.29, 0.717) is 23.6 Å². The number of benzene rings is 2. The molecule has 0 saturated heterocycles. The summed E-state index contributed by atoms with van der Waals surface area (Å²) < 4.78 is 5.77. The number of fused-ring (bicyclic) bond motifs is 1. The molecule has 0 spiro atoms. The molecular weight excluding hydrogens is 330 g/mol. The van der Waals surface area contributed by atoms with Crippen LogP contribution in [0.25, 0.3) is 10.9 Å². The number of carboxylic acids is 1. The molecule has 26 heavy (non-hydrogen) atoms. The molecule has 0 fully saturated rings. The smallest absolute Gasteiger partial charge is 0.310 e. The Balaban J connectivity index is 1.81. The molecule has 1 unspecified atom stereocenters. The van der Waals surface area contributed by atoms with Crippen molar-refractivity contribution in [3.8, 4) is 11.6 Å². The molecule has 5 nitrogen and oxygen atoms in total. The molecule has 0 aliphatic heterocycles. The molecule has 0 aliphatic carbocycles. The summed E-state index contributed by atoms with van der Waals surface area (Å²) in [5.74, 6) is -0.313. The molecule has 3 aromatic rings. The van der Waals surface area contributed by atoms with Gasteiger partial charge < -0.3 is 9.84 Å². The SMILES string of the molecule is CCC(C(=O)O)c1ccc(Oc2ccc3cc(C(C)=O)ccc3n2)cc1. The number of aromatic nitrogens is 1. The maximum absolute atomic E-state index is 11.5. The van der Waals surface area contributed by atoms with Crippen molar-refractivity contribution in [2.24, 2.45) is 0 Å². The first kappa shape index (κ1) is 17.6. The Morgan fingerprint density at radius 3 is 2.42 bits per heavy atom. The van der Waals surface area contributed by atoms with Crippen LogP contribution in [0.2, 0.25) is 0 Å². The van der Waals surface area contributed by atoms with Gasteiger partial charge >= 0.3 is 5.97 Å². The van der Waals surface area contributed by atoms with Crippen LogP contribution in [0.3, 0.4) is 0 Å². The second kappa shape index (κ2) is 7.35. The van der Waals surface area contributed by atoms with Gasteiger partial charge in [0.25, 0.3) is 0 Å². The molecule has 0 saturated carbocycles. The van der Waals surface area contributed by atoms with Gasteiger partial charge in [0.05, 0.1) is 11.4 Å². The monoisotopic (exact) mass is 349 g/mol. The summed E-state index contributed by atoms with van der Waals surface area (Å²) in [4.78, 5) is 27.1. The van der Waals surface area contributed by atoms with Gasteiger partial charge in [0.2, 0.25) is 5.88 Å². The number of nitrogens with zero attached hydrogens (tertiary/aromatic N) is 1. The summed E-state index contributed by atoms with van der Waals surface area (Å²) in [6, 6.07) is 15.9. The number of aliphatic carboxylic acids is 1. The second-order valence-electron chi connectivity index (χ2n) is 6.08. The molecule has 0 aliphatic rings. The van der Waals surface area contributed by atoms with Crippen molar-refractivity contribution in [1.82, 2.24) is 4.98 Å². The standard InChI is InChI=1S/C21H19NO4/c1-3-18(21(24)25)14-4-8-17(9-5-14)26-20-11-7-16-12-15(13(2)23)6-10-19(16)22-20/h4-12,18H,3H2,1-2H3,(H,24,25). The average Bonchev–Trinajstić information content (AvgIpc) is 2.63. The van der Waals surface area contributed by atoms with Gasteiger partial charge in [-0.2, -0.15) is 0 Å². The number of hydrogen-bond acceptors (Lipinski definition) is 4. The van der Waals surface area contributed by atoms with Crippen LogP contribution in [0.5, 0.6) is 11.6 Å². The van der Waals surface area contributed by atoms with E-state index in [2.05, 4.69) is 4.98 Å². The van der Waals surface area contributed by atoms with E-state index < -0.39 is 11.9 Å². The Labute approximate surface area is 151 Å². The Morgan fingerprint density at radius 1 is 1.08 bits per heavy atom. The number of rotatable bonds is 6. The first-order valence-electron chi connectivity index (χ1n) is 8.40. The summed E-state index contributed by atoms with van der Waals surface area (Å²) in [5.41, 5.74) is 2.13. The minimum Gasteiger partial charge on any atom is -0.481 e. The molecule has 2 aromatic carbocycles. The van der Waals surface area contributed by atoms with Crippen LogP contribution in [0.4, 0.5) is 0 Å². The molecule has 1 aromatic heterocycles. The fourth-order valence-corrected chi connectivity index (χ4v) is 2.82. The van der Waals surface area contributed by atoms with Crippen molar-refractivity contribution >= 4 is 22.7 Å². The molecule has 132 valence electrons. The molecule has 0 amide bonds. The minimum atomic E-state index is -0.831. The fourth-order valence-electron chi connectivity index (χ4n) is 2.82. The largest absolute Gasteiger partial charge is 0.481 e. The lowest BCUT2D eigenvalue weighted by atomic mass is 9.97. The molecule has 3 rings (SSSR count). The molecule has 1 atom stereocenters. The van der Waals surface area contributed by atoms with E-state index in [0.717, 1.165) is 16.5 Å². The first-order chi connectivity index (χ1) is 12.5. The zero-order valence-electron chi connectivity index (χ0n) is 14.6. The summed E-state index contributed by atoms with van der Waals surface area (Å²) >= 11 is 0. The topological polar surface area (TPSA) is 76.5 Å². The summed E-state index contributed by atoms with van der Waals surface area (Å²) in [7, 11) is 0. The predicted molar refractivity (Wildman–Crippen MR) is 98.9 cm³/mol. The minimum absolute atomic E-state index is 0.0130. The first-order valence-corrected chi connectivity index (χ1v) is 8.40. The van der Waals surface area contributed by atoms with Gasteiger partial charge in [-0.15, -0.1) is 0 Å². The fraction of sp³-hybridized carbons (Fsp3) is 0.190. The van der Waals surface area contributed by atoms with Gasteiger partial charge in [-0.25, -0.2) is 4.98 Å². The number of carbonyl (C=O) groups excluding carboxylic acids is 1. The van der Waals surface area contributed by atoms with E-state index in [9.17, 15) is 14.7 Å². The van der Waals surface area contributed by atoms with Gasteiger partial charge in [-0.3, -0.25) is 9.59 Å². The Hall–Kier alpha value is -3.21. The zero-order valence-corrected chi connectivity index (χ0v) is 14.6. The number of Topliss-reactive ketones (excluding diaryl/α,β-unsaturated/α-hetero) is 1. The van der Waals surface area contributed by atoms with Crippen LogP contribution >= 0.6 is 0 Å². The van der Waals surface area contributed by atoms with E-state index in [1.807, 2.05) is 13.0 Å². The van der Waals surface area contributed by atoms with E-state index in [-0.39, 0.29) is 5.78 Å². The number of ketones is 1. The second-order valence-corrected chi connectivity index (χ2v) is 6.08. The van der Waals surface area contributed by atoms with Crippen LogP contribution in [-0.4, -0.2) is 21.8 Å². The maximum atomic E-state index is 11.5. The van der Waals surface area contributed by atoms with E-state index >= 15 is 0 Å². The van der Waals surface area contributed by atoms with Gasteiger partial charge in [-0.05, 0) is 55.3 Å². The van der Waals surface area contributed by atoms with Crippen molar-refractivity contribution in [1.29, 1.82) is 0 Å². The van der Waals surface area contributed by atoms with E-state index in [1.165, 1.54) is 6.92 Å². The van der Waals surface area contributed by atoms with Crippen molar-refractivity contribution in [2.45, 2.75) is 26.2 Å². The van der Waals surface area contributed by atoms with Gasteiger partial charge in [-0.1, -0.05) is 19.1 Å². The van der Waals surface area contributed by atoms with Gasteiger partial charge in [0.15, 0.2) is 5.78 Å². The third-order valence-corrected chi connectivity index (χ3v) is 4.28. The summed E-state index contributed by atoms with van der Waals surface area (Å²) in [6.45, 7) is 3.38. The highest BCUT2D eigenvalue weighted by atomic mass is 16.5. The van der Waals surface area contributed by atoms with E-state index in [4.69, 9.17) is 4.74 Å². The predicted octanol–water partition coefficient (Wildman–Crippen LogP) is 4.81. The Morgan fingerprint density at radius 2 is 1.81 bits per heavy atom. The molecule has 0 bridgehead atoms. The molecular formula is C21H19NO4. The number of hydrogen-bond donors (Lipinski definition) is 1. The third kappa shape index (κ3) is 3.72. The molecule has 1 N–H and O–H groups in total. The highest BCUT2D eigenvalue weighted by Gasteiger charge is 2.17. The normalized spacial score (nSPS) is 11.9. The molecule has 1 heterocycles. The van der Waals surface area contributed by atoms with Gasteiger partial charge in [0, 0.05) is 17.0 Å². The zero-order chi connectivity index (χ0) is 18.7. The van der Waals surface area contributed by atoms with Crippen molar-refractivity contribution < 1.29 is 19.4 Å². The summed E-state index contributed by atoms with van der Waals surface area (Å²) in [5, 5.41) is 10.1. The highest BCUT2D eigenvalue weighted by molar-refractivity contribution is 5.97. The third-order valence-electron chi connectivity index (χ3n) is 4.28. The lowest BCUT2D eigenvalue weighted by molar-refractivity contribution is -0.138. The number of pyridine rings is 1. The van der Waals surface area contributed by atoms with Crippen LogP contribution < -0.4 is 4.74 Å². The van der Waals surface area contributed by atoms with Crippen LogP contribution in [-0.2, 0) is 4.79 Å². The average molecular weight is 349 g/mol. The number of carboxylic acid groups (broad SMARTS) is 1. The van der Waals surface area contributed by atoms with Crippen molar-refractivity contribution in [2.75, 3.05) is 0 Å².